The van der Waals surface area contributed by atoms with E-state index in [-0.39, 0.29) is 48.0 Å². The van der Waals surface area contributed by atoms with Gasteiger partial charge >= 0.3 is 0 Å². The number of hydrogen-bond acceptors (Lipinski definition) is 5. The van der Waals surface area contributed by atoms with Crippen molar-refractivity contribution in [2.24, 2.45) is 23.7 Å². The van der Waals surface area contributed by atoms with Gasteiger partial charge in [0, 0.05) is 25.4 Å². The van der Waals surface area contributed by atoms with E-state index in [1.807, 2.05) is 19.9 Å². The molecule has 0 saturated carbocycles. The second-order valence-electron chi connectivity index (χ2n) is 11.1. The number of aliphatic hydroxyl groups excluding tert-OH is 1. The molecule has 0 aliphatic carbocycles. The van der Waals surface area contributed by atoms with Gasteiger partial charge in [-0.15, -0.1) is 24.9 Å². The zero-order chi connectivity index (χ0) is 28.6. The molecular formula is C30H40ClN3O4S. The molecule has 1 N–H and O–H groups in total. The number of nitrogens with zero attached hydrogens (tertiary/aromatic N) is 3. The van der Waals surface area contributed by atoms with Crippen LogP contribution in [0.15, 0.2) is 49.6 Å². The molecule has 3 fully saturated rings. The molecule has 3 saturated heterocycles. The molecule has 0 radical (unpaired) electrons. The molecule has 3 heterocycles. The van der Waals surface area contributed by atoms with Crippen LogP contribution in [-0.2, 0) is 14.4 Å². The second kappa shape index (κ2) is 11.7. The summed E-state index contributed by atoms with van der Waals surface area (Å²) in [6.45, 7) is 14.1. The highest BCUT2D eigenvalue weighted by molar-refractivity contribution is 8.02. The summed E-state index contributed by atoms with van der Waals surface area (Å²) in [7, 11) is 1.73. The molecule has 9 heteroatoms. The predicted molar refractivity (Wildman–Crippen MR) is 158 cm³/mol. The van der Waals surface area contributed by atoms with E-state index >= 15 is 0 Å². The third-order valence-electron chi connectivity index (χ3n) is 9.05. The van der Waals surface area contributed by atoms with Crippen LogP contribution in [0.3, 0.4) is 0 Å². The molecule has 4 rings (SSSR count). The monoisotopic (exact) mass is 573 g/mol. The van der Waals surface area contributed by atoms with Gasteiger partial charge in [0.25, 0.3) is 5.91 Å². The number of anilines is 1. The molecule has 3 aliphatic rings. The van der Waals surface area contributed by atoms with Gasteiger partial charge in [-0.05, 0) is 30.4 Å². The van der Waals surface area contributed by atoms with Crippen molar-refractivity contribution in [1.29, 1.82) is 0 Å². The topological polar surface area (TPSA) is 81.2 Å². The lowest BCUT2D eigenvalue weighted by molar-refractivity contribution is -0.145. The third kappa shape index (κ3) is 4.62. The van der Waals surface area contributed by atoms with Crippen molar-refractivity contribution in [2.45, 2.75) is 55.7 Å². The maximum absolute atomic E-state index is 14.8. The number of amides is 3. The summed E-state index contributed by atoms with van der Waals surface area (Å²) in [5.41, 5.74) is 0.545. The van der Waals surface area contributed by atoms with Crippen LogP contribution in [0.25, 0.3) is 0 Å². The molecule has 3 aliphatic heterocycles. The van der Waals surface area contributed by atoms with E-state index in [2.05, 4.69) is 20.1 Å². The van der Waals surface area contributed by atoms with Crippen LogP contribution in [0, 0.1) is 23.7 Å². The van der Waals surface area contributed by atoms with Crippen LogP contribution in [0.1, 0.15) is 33.6 Å². The van der Waals surface area contributed by atoms with E-state index in [1.165, 1.54) is 0 Å². The fraction of sp³-hybridized carbons (Fsp3) is 0.567. The Bertz CT molecular complexity index is 1150. The van der Waals surface area contributed by atoms with Crippen molar-refractivity contribution < 1.29 is 19.5 Å². The lowest BCUT2D eigenvalue weighted by Crippen LogP contribution is -2.60. The molecule has 1 aromatic carbocycles. The zero-order valence-electron chi connectivity index (χ0n) is 23.3. The first-order valence-electron chi connectivity index (χ1n) is 13.7. The van der Waals surface area contributed by atoms with E-state index in [0.717, 1.165) is 12.8 Å². The number of carbonyl (C=O) groups is 3. The highest BCUT2D eigenvalue weighted by atomic mass is 35.5. The zero-order valence-corrected chi connectivity index (χ0v) is 24.8. The number of fused-ring (bicyclic) bond motifs is 1. The summed E-state index contributed by atoms with van der Waals surface area (Å²) in [6, 6.07) is 5.74. The minimum absolute atomic E-state index is 0.0160. The standard InChI is InChI=1S/C30H40ClN3O4S/c1-7-14-32(6)27(36)24-23-16-19(5)30(39-23)25(24)28(37)34(22(17-35)18(4)9-3)26(30)29(38)33(15-8-2)21-13-11-10-12-20(21)31/h7-8,10-13,18-19,22-26,35H,1-2,9,14-17H2,3-6H3/t18-,19?,22-,23-,24+,25-,26?,30?/m0/s1. The first-order valence-corrected chi connectivity index (χ1v) is 15.0. The van der Waals surface area contributed by atoms with Crippen LogP contribution in [0.5, 0.6) is 0 Å². The van der Waals surface area contributed by atoms with Crippen LogP contribution in [-0.4, -0.2) is 81.5 Å². The van der Waals surface area contributed by atoms with Gasteiger partial charge in [-0.1, -0.05) is 63.1 Å². The molecule has 1 spiro atoms. The maximum Gasteiger partial charge on any atom is 0.251 e. The fourth-order valence-electron chi connectivity index (χ4n) is 6.99. The number of likely N-dealkylation sites (tertiary alicyclic amines) is 1. The van der Waals surface area contributed by atoms with Gasteiger partial charge in [-0.25, -0.2) is 0 Å². The Morgan fingerprint density at radius 1 is 1.26 bits per heavy atom. The van der Waals surface area contributed by atoms with Crippen molar-refractivity contribution in [2.75, 3.05) is 31.6 Å². The van der Waals surface area contributed by atoms with Gasteiger partial charge in [0.15, 0.2) is 0 Å². The Hall–Kier alpha value is -2.29. The number of likely N-dealkylation sites (N-methyl/N-ethyl adjacent to an activating group) is 1. The Labute approximate surface area is 241 Å². The average Bonchev–Trinajstić information content (AvgIpc) is 3.51. The van der Waals surface area contributed by atoms with Crippen LogP contribution in [0.2, 0.25) is 5.02 Å². The Morgan fingerprint density at radius 3 is 2.51 bits per heavy atom. The number of halogens is 1. The number of aliphatic hydroxyl groups is 1. The van der Waals surface area contributed by atoms with Crippen molar-refractivity contribution in [3.63, 3.8) is 0 Å². The number of thioether (sulfide) groups is 1. The molecule has 212 valence electrons. The van der Waals surface area contributed by atoms with Crippen molar-refractivity contribution in [3.8, 4) is 0 Å². The summed E-state index contributed by atoms with van der Waals surface area (Å²) < 4.78 is -0.796. The lowest BCUT2D eigenvalue weighted by Gasteiger charge is -2.43. The van der Waals surface area contributed by atoms with Gasteiger partial charge in [-0.3, -0.25) is 14.4 Å². The van der Waals surface area contributed by atoms with Gasteiger partial charge < -0.3 is 19.8 Å². The van der Waals surface area contributed by atoms with Gasteiger partial charge in [0.2, 0.25) is 11.8 Å². The summed E-state index contributed by atoms with van der Waals surface area (Å²) in [6.07, 6.45) is 4.79. The lowest BCUT2D eigenvalue weighted by atomic mass is 9.65. The molecule has 3 unspecified atom stereocenters. The Balaban J connectivity index is 1.89. The normalized spacial score (nSPS) is 30.6. The molecule has 2 bridgehead atoms. The van der Waals surface area contributed by atoms with Crippen molar-refractivity contribution >= 4 is 46.8 Å². The smallest absolute Gasteiger partial charge is 0.251 e. The summed E-state index contributed by atoms with van der Waals surface area (Å²) in [4.78, 5) is 47.9. The van der Waals surface area contributed by atoms with Crippen molar-refractivity contribution in [1.82, 2.24) is 9.80 Å². The van der Waals surface area contributed by atoms with E-state index in [1.54, 1.807) is 63.9 Å². The largest absolute Gasteiger partial charge is 0.394 e. The van der Waals surface area contributed by atoms with Crippen LogP contribution >= 0.6 is 23.4 Å². The number of rotatable bonds is 11. The molecule has 39 heavy (non-hydrogen) atoms. The molecule has 1 aromatic rings. The molecular weight excluding hydrogens is 534 g/mol. The van der Waals surface area contributed by atoms with E-state index in [4.69, 9.17) is 11.6 Å². The molecule has 7 nitrogen and oxygen atoms in total. The molecule has 0 aromatic heterocycles. The Morgan fingerprint density at radius 2 is 1.92 bits per heavy atom. The Kier molecular flexibility index (Phi) is 8.89. The first-order chi connectivity index (χ1) is 18.6. The summed E-state index contributed by atoms with van der Waals surface area (Å²) in [5.74, 6) is -1.78. The van der Waals surface area contributed by atoms with Crippen LogP contribution < -0.4 is 4.90 Å². The highest BCUT2D eigenvalue weighted by Gasteiger charge is 2.77. The van der Waals surface area contributed by atoms with Gasteiger partial charge in [0.1, 0.15) is 6.04 Å². The third-order valence-corrected chi connectivity index (χ3v) is 11.4. The maximum atomic E-state index is 14.8. The minimum atomic E-state index is -0.857. The number of carbonyl (C=O) groups excluding carboxylic acids is 3. The van der Waals surface area contributed by atoms with Crippen LogP contribution in [0.4, 0.5) is 5.69 Å². The van der Waals surface area contributed by atoms with E-state index in [0.29, 0.717) is 17.3 Å². The predicted octanol–water partition coefficient (Wildman–Crippen LogP) is 4.25. The van der Waals surface area contributed by atoms with E-state index in [9.17, 15) is 19.5 Å². The highest BCUT2D eigenvalue weighted by Crippen LogP contribution is 2.69. The molecule has 8 atom stereocenters. The summed E-state index contributed by atoms with van der Waals surface area (Å²) >= 11 is 8.20. The first kappa shape index (κ1) is 29.7. The number of benzene rings is 1. The number of hydrogen-bond donors (Lipinski definition) is 1. The van der Waals surface area contributed by atoms with Gasteiger partial charge in [0.05, 0.1) is 39.9 Å². The van der Waals surface area contributed by atoms with Gasteiger partial charge in [-0.2, -0.15) is 0 Å². The van der Waals surface area contributed by atoms with Crippen molar-refractivity contribution in [3.05, 3.63) is 54.6 Å². The fourth-order valence-corrected chi connectivity index (χ4v) is 9.62. The quantitative estimate of drug-likeness (QED) is 0.400. The average molecular weight is 574 g/mol. The second-order valence-corrected chi connectivity index (χ2v) is 13.1. The number of para-hydroxylation sites is 1. The minimum Gasteiger partial charge on any atom is -0.394 e. The molecule has 3 amide bonds. The SMILES string of the molecule is C=CCN(C)C(=O)[C@@H]1[C@@H]2CC(C)C3(S2)C(C(=O)N(CC=C)c2ccccc2Cl)N([C@@H](CO)[C@@H](C)CC)C(=O)[C@H]13. The van der Waals surface area contributed by atoms with E-state index < -0.39 is 28.7 Å². The summed E-state index contributed by atoms with van der Waals surface area (Å²) in [5, 5.41) is 11.0.